The van der Waals surface area contributed by atoms with Gasteiger partial charge in [0.1, 0.15) is 0 Å². The summed E-state index contributed by atoms with van der Waals surface area (Å²) in [6.07, 6.45) is 6.95. The van der Waals surface area contributed by atoms with E-state index >= 15 is 0 Å². The fraction of sp³-hybridized carbons (Fsp3) is 0.214. The number of hydrogen-bond donors (Lipinski definition) is 1. The van der Waals surface area contributed by atoms with E-state index in [1.165, 1.54) is 6.08 Å². The minimum absolute atomic E-state index is 0.00542. The lowest BCUT2D eigenvalue weighted by molar-refractivity contribution is -0.117. The Morgan fingerprint density at radius 2 is 1.94 bits per heavy atom. The van der Waals surface area contributed by atoms with Gasteiger partial charge in [-0.05, 0) is 31.5 Å². The summed E-state index contributed by atoms with van der Waals surface area (Å²) in [5.41, 5.74) is 1.08. The first-order chi connectivity index (χ1) is 8.13. The molecule has 0 spiro atoms. The highest BCUT2D eigenvalue weighted by atomic mass is 79.9. The molecule has 1 aromatic rings. The Hall–Kier alpha value is -1.35. The maximum absolute atomic E-state index is 11.5. The van der Waals surface area contributed by atoms with Crippen LogP contribution in [-0.4, -0.2) is 5.91 Å². The van der Waals surface area contributed by atoms with Crippen LogP contribution in [-0.2, 0) is 4.79 Å². The quantitative estimate of drug-likeness (QED) is 0.665. The molecule has 90 valence electrons. The van der Waals surface area contributed by atoms with E-state index in [2.05, 4.69) is 21.2 Å². The highest BCUT2D eigenvalue weighted by Crippen LogP contribution is 2.16. The van der Waals surface area contributed by atoms with Crippen LogP contribution in [0.15, 0.2) is 53.0 Å². The number of carbonyl (C=O) groups excluding carboxylic acids is 1. The smallest absolute Gasteiger partial charge is 0.244 e. The summed E-state index contributed by atoms with van der Waals surface area (Å²) in [6, 6.07) is 7.92. The van der Waals surface area contributed by atoms with Gasteiger partial charge in [0.2, 0.25) is 5.91 Å². The summed E-state index contributed by atoms with van der Waals surface area (Å²) in [5, 5.41) is 2.90. The van der Waals surface area contributed by atoms with Crippen LogP contribution in [0.1, 0.15) is 25.5 Å². The van der Waals surface area contributed by atoms with Gasteiger partial charge >= 0.3 is 0 Å². The van der Waals surface area contributed by atoms with E-state index in [1.54, 1.807) is 6.08 Å². The highest BCUT2D eigenvalue weighted by Gasteiger charge is 2.06. The van der Waals surface area contributed by atoms with Gasteiger partial charge in [-0.3, -0.25) is 4.79 Å². The van der Waals surface area contributed by atoms with Crippen LogP contribution in [0.3, 0.4) is 0 Å². The van der Waals surface area contributed by atoms with Gasteiger partial charge in [-0.25, -0.2) is 0 Å². The molecule has 0 radical (unpaired) electrons. The molecule has 0 aromatic heterocycles. The molecule has 2 nitrogen and oxygen atoms in total. The average molecular weight is 294 g/mol. The van der Waals surface area contributed by atoms with Crippen LogP contribution in [0.4, 0.5) is 0 Å². The van der Waals surface area contributed by atoms with Crippen LogP contribution in [0.25, 0.3) is 0 Å². The van der Waals surface area contributed by atoms with Gasteiger partial charge in [0, 0.05) is 10.5 Å². The predicted octanol–water partition coefficient (Wildman–Crippen LogP) is 3.76. The van der Waals surface area contributed by atoms with E-state index in [0.717, 1.165) is 10.0 Å². The predicted molar refractivity (Wildman–Crippen MR) is 74.7 cm³/mol. The summed E-state index contributed by atoms with van der Waals surface area (Å²) in [7, 11) is 0. The topological polar surface area (TPSA) is 29.1 Å². The largest absolute Gasteiger partial charge is 0.346 e. The standard InChI is InChI=1S/C14H16BrNO/c1-3-4-5-6-14(17)16-11(2)12-7-9-13(15)10-8-12/h3-11H,1-2H3,(H,16,17)/b4-3+,6-5+. The SMILES string of the molecule is C/C=C/C=C/C(=O)NC(C)c1ccc(Br)cc1. The van der Waals surface area contributed by atoms with Crippen molar-refractivity contribution in [3.8, 4) is 0 Å². The minimum atomic E-state index is -0.0847. The second-order valence-electron chi connectivity index (χ2n) is 3.67. The number of rotatable bonds is 4. The van der Waals surface area contributed by atoms with E-state index in [0.29, 0.717) is 0 Å². The maximum atomic E-state index is 11.5. The number of allylic oxidation sites excluding steroid dienone is 3. The lowest BCUT2D eigenvalue weighted by Crippen LogP contribution is -2.24. The van der Waals surface area contributed by atoms with Crippen molar-refractivity contribution in [2.75, 3.05) is 0 Å². The summed E-state index contributed by atoms with van der Waals surface area (Å²) < 4.78 is 1.03. The van der Waals surface area contributed by atoms with Crippen LogP contribution < -0.4 is 5.32 Å². The number of nitrogens with one attached hydrogen (secondary N) is 1. The van der Waals surface area contributed by atoms with E-state index < -0.39 is 0 Å². The molecule has 1 atom stereocenters. The monoisotopic (exact) mass is 293 g/mol. The minimum Gasteiger partial charge on any atom is -0.346 e. The highest BCUT2D eigenvalue weighted by molar-refractivity contribution is 9.10. The third-order valence-electron chi connectivity index (χ3n) is 2.28. The zero-order chi connectivity index (χ0) is 12.7. The Kier molecular flexibility index (Phi) is 5.70. The molecule has 0 fully saturated rings. The first kappa shape index (κ1) is 13.7. The van der Waals surface area contributed by atoms with Crippen molar-refractivity contribution in [1.29, 1.82) is 0 Å². The summed E-state index contributed by atoms with van der Waals surface area (Å²) in [5.74, 6) is -0.0847. The van der Waals surface area contributed by atoms with Crippen LogP contribution >= 0.6 is 15.9 Å². The Morgan fingerprint density at radius 1 is 1.29 bits per heavy atom. The molecule has 0 saturated carbocycles. The van der Waals surface area contributed by atoms with Crippen molar-refractivity contribution in [3.63, 3.8) is 0 Å². The van der Waals surface area contributed by atoms with Gasteiger partial charge in [0.15, 0.2) is 0 Å². The fourth-order valence-electron chi connectivity index (χ4n) is 1.35. The van der Waals surface area contributed by atoms with Crippen molar-refractivity contribution in [2.45, 2.75) is 19.9 Å². The molecule has 1 aromatic carbocycles. The molecule has 1 N–H and O–H groups in total. The van der Waals surface area contributed by atoms with Crippen LogP contribution in [0, 0.1) is 0 Å². The van der Waals surface area contributed by atoms with Crippen LogP contribution in [0.2, 0.25) is 0 Å². The zero-order valence-electron chi connectivity index (χ0n) is 9.98. The first-order valence-electron chi connectivity index (χ1n) is 5.49. The molecule has 0 saturated heterocycles. The second-order valence-corrected chi connectivity index (χ2v) is 4.58. The Bertz CT molecular complexity index is 420. The van der Waals surface area contributed by atoms with Crippen LogP contribution in [0.5, 0.6) is 0 Å². The van der Waals surface area contributed by atoms with E-state index in [-0.39, 0.29) is 11.9 Å². The molecular weight excluding hydrogens is 278 g/mol. The molecule has 1 unspecified atom stereocenters. The van der Waals surface area contributed by atoms with Gasteiger partial charge in [-0.2, -0.15) is 0 Å². The van der Waals surface area contributed by atoms with Crippen molar-refractivity contribution < 1.29 is 4.79 Å². The second kappa shape index (κ2) is 7.07. The molecule has 0 aliphatic carbocycles. The number of amides is 1. The first-order valence-corrected chi connectivity index (χ1v) is 6.28. The summed E-state index contributed by atoms with van der Waals surface area (Å²) in [6.45, 7) is 3.87. The average Bonchev–Trinajstić information content (AvgIpc) is 2.30. The zero-order valence-corrected chi connectivity index (χ0v) is 11.6. The molecule has 0 aliphatic rings. The van der Waals surface area contributed by atoms with E-state index in [1.807, 2.05) is 50.3 Å². The Labute approximate surface area is 111 Å². The normalized spacial score (nSPS) is 13.1. The molecule has 1 amide bonds. The molecule has 0 heterocycles. The molecule has 1 rings (SSSR count). The number of carbonyl (C=O) groups is 1. The van der Waals surface area contributed by atoms with E-state index in [9.17, 15) is 4.79 Å². The third kappa shape index (κ3) is 5.00. The Balaban J connectivity index is 2.57. The van der Waals surface area contributed by atoms with Gasteiger partial charge in [-0.1, -0.05) is 46.3 Å². The fourth-order valence-corrected chi connectivity index (χ4v) is 1.61. The number of hydrogen-bond acceptors (Lipinski definition) is 1. The van der Waals surface area contributed by atoms with Crippen molar-refractivity contribution in [2.24, 2.45) is 0 Å². The third-order valence-corrected chi connectivity index (χ3v) is 2.81. The van der Waals surface area contributed by atoms with Crippen molar-refractivity contribution in [1.82, 2.24) is 5.32 Å². The van der Waals surface area contributed by atoms with Crippen molar-refractivity contribution >= 4 is 21.8 Å². The van der Waals surface area contributed by atoms with Gasteiger partial charge in [-0.15, -0.1) is 0 Å². The lowest BCUT2D eigenvalue weighted by atomic mass is 10.1. The number of halogens is 1. The van der Waals surface area contributed by atoms with Crippen molar-refractivity contribution in [3.05, 3.63) is 58.6 Å². The summed E-state index contributed by atoms with van der Waals surface area (Å²) >= 11 is 3.38. The van der Waals surface area contributed by atoms with Gasteiger partial charge in [0.25, 0.3) is 0 Å². The molecule has 0 aliphatic heterocycles. The summed E-state index contributed by atoms with van der Waals surface area (Å²) in [4.78, 5) is 11.5. The van der Waals surface area contributed by atoms with E-state index in [4.69, 9.17) is 0 Å². The lowest BCUT2D eigenvalue weighted by Gasteiger charge is -2.12. The molecule has 3 heteroatoms. The van der Waals surface area contributed by atoms with Gasteiger partial charge < -0.3 is 5.32 Å². The number of benzene rings is 1. The Morgan fingerprint density at radius 3 is 2.53 bits per heavy atom. The van der Waals surface area contributed by atoms with Gasteiger partial charge in [0.05, 0.1) is 6.04 Å². The molecule has 17 heavy (non-hydrogen) atoms. The molecular formula is C14H16BrNO. The molecule has 0 bridgehead atoms. The maximum Gasteiger partial charge on any atom is 0.244 e.